The van der Waals surface area contributed by atoms with Gasteiger partial charge in [0.2, 0.25) is 0 Å². The number of carbonyl (C=O) groups is 1. The van der Waals surface area contributed by atoms with Gasteiger partial charge >= 0.3 is 0 Å². The Labute approximate surface area is 90.3 Å². The van der Waals surface area contributed by atoms with Gasteiger partial charge in [-0.25, -0.2) is 0 Å². The van der Waals surface area contributed by atoms with Gasteiger partial charge in [0.25, 0.3) is 0 Å². The molecule has 0 unspecified atom stereocenters. The maximum atomic E-state index is 10.1. The Morgan fingerprint density at radius 1 is 1.29 bits per heavy atom. The van der Waals surface area contributed by atoms with Crippen molar-refractivity contribution in [3.63, 3.8) is 0 Å². The first-order chi connectivity index (χ1) is 6.90. The van der Waals surface area contributed by atoms with E-state index in [4.69, 9.17) is 0 Å². The average molecular weight is 220 g/mol. The third-order valence-electron chi connectivity index (χ3n) is 1.76. The molecule has 0 radical (unpaired) electrons. The second-order valence-electron chi connectivity index (χ2n) is 2.71. The molecule has 0 saturated carbocycles. The molecule has 0 spiro atoms. The van der Waals surface area contributed by atoms with Crippen molar-refractivity contribution in [1.29, 1.82) is 0 Å². The van der Waals surface area contributed by atoms with E-state index in [1.54, 1.807) is 22.7 Å². The number of allylic oxidation sites excluding steroid dienone is 1. The van der Waals surface area contributed by atoms with E-state index in [2.05, 4.69) is 22.9 Å². The molecule has 0 fully saturated rings. The van der Waals surface area contributed by atoms with Crippen molar-refractivity contribution < 1.29 is 4.79 Å². The molecule has 0 aromatic carbocycles. The first-order valence-corrected chi connectivity index (χ1v) is 5.90. The Hall–Kier alpha value is -1.19. The van der Waals surface area contributed by atoms with E-state index in [9.17, 15) is 4.79 Å². The lowest BCUT2D eigenvalue weighted by Gasteiger charge is -1.86. The van der Waals surface area contributed by atoms with Crippen molar-refractivity contribution in [2.24, 2.45) is 0 Å². The summed E-state index contributed by atoms with van der Waals surface area (Å²) in [5.41, 5.74) is 1.23. The van der Waals surface area contributed by atoms with E-state index >= 15 is 0 Å². The van der Waals surface area contributed by atoms with E-state index in [1.165, 1.54) is 16.5 Å². The van der Waals surface area contributed by atoms with Crippen molar-refractivity contribution in [1.82, 2.24) is 0 Å². The molecule has 0 aliphatic rings. The van der Waals surface area contributed by atoms with Crippen LogP contribution in [0, 0.1) is 0 Å². The number of rotatable bonds is 3. The zero-order chi connectivity index (χ0) is 9.80. The lowest BCUT2D eigenvalue weighted by Crippen LogP contribution is -1.63. The molecular weight excluding hydrogens is 212 g/mol. The number of hydrogen-bond acceptors (Lipinski definition) is 3. The smallest absolute Gasteiger partial charge is 0.142 e. The van der Waals surface area contributed by atoms with Crippen molar-refractivity contribution in [2.45, 2.75) is 0 Å². The molecule has 0 aliphatic heterocycles. The molecule has 0 bridgehead atoms. The van der Waals surface area contributed by atoms with Crippen LogP contribution in [0.3, 0.4) is 0 Å². The molecule has 14 heavy (non-hydrogen) atoms. The zero-order valence-electron chi connectivity index (χ0n) is 7.34. The third kappa shape index (κ3) is 2.00. The van der Waals surface area contributed by atoms with Gasteiger partial charge in [-0.05, 0) is 35.0 Å². The molecule has 2 aromatic heterocycles. The maximum Gasteiger partial charge on any atom is 0.142 e. The fourth-order valence-corrected chi connectivity index (χ4v) is 2.75. The first-order valence-electron chi connectivity index (χ1n) is 4.14. The number of carbonyl (C=O) groups excluding carboxylic acids is 1. The fraction of sp³-hybridized carbons (Fsp3) is 0. The lowest BCUT2D eigenvalue weighted by molar-refractivity contribution is -0.104. The highest BCUT2D eigenvalue weighted by Gasteiger charge is 2.00. The van der Waals surface area contributed by atoms with Gasteiger partial charge in [0, 0.05) is 15.3 Å². The van der Waals surface area contributed by atoms with Gasteiger partial charge in [0.1, 0.15) is 6.29 Å². The Kier molecular flexibility index (Phi) is 2.91. The van der Waals surface area contributed by atoms with Crippen LogP contribution < -0.4 is 0 Å². The van der Waals surface area contributed by atoms with Crippen LogP contribution in [0.1, 0.15) is 4.88 Å². The molecule has 70 valence electrons. The highest BCUT2D eigenvalue weighted by molar-refractivity contribution is 7.15. The normalized spacial score (nSPS) is 10.9. The molecule has 2 rings (SSSR count). The summed E-state index contributed by atoms with van der Waals surface area (Å²) in [6, 6.07) is 6.23. The molecule has 1 nitrogen and oxygen atoms in total. The van der Waals surface area contributed by atoms with Gasteiger partial charge in [-0.2, -0.15) is 0 Å². The Morgan fingerprint density at radius 2 is 2.21 bits per heavy atom. The van der Waals surface area contributed by atoms with Crippen LogP contribution in [0.15, 0.2) is 35.0 Å². The second-order valence-corrected chi connectivity index (χ2v) is 4.60. The molecule has 0 atom stereocenters. The Morgan fingerprint density at radius 3 is 2.93 bits per heavy atom. The van der Waals surface area contributed by atoms with E-state index in [-0.39, 0.29) is 0 Å². The lowest BCUT2D eigenvalue weighted by atomic mass is 10.2. The van der Waals surface area contributed by atoms with Gasteiger partial charge in [0.15, 0.2) is 0 Å². The van der Waals surface area contributed by atoms with Crippen LogP contribution in [0.25, 0.3) is 16.5 Å². The highest BCUT2D eigenvalue weighted by Crippen LogP contribution is 2.29. The summed E-state index contributed by atoms with van der Waals surface area (Å²) < 4.78 is 0. The highest BCUT2D eigenvalue weighted by atomic mass is 32.1. The van der Waals surface area contributed by atoms with Crippen LogP contribution in [-0.2, 0) is 4.79 Å². The quantitative estimate of drug-likeness (QED) is 0.569. The molecule has 0 N–H and O–H groups in total. The third-order valence-corrected chi connectivity index (χ3v) is 3.58. The van der Waals surface area contributed by atoms with Gasteiger partial charge < -0.3 is 0 Å². The maximum absolute atomic E-state index is 10.1. The predicted octanol–water partition coefficient (Wildman–Crippen LogP) is 3.69. The molecule has 2 aromatic rings. The van der Waals surface area contributed by atoms with Gasteiger partial charge in [-0.1, -0.05) is 6.07 Å². The van der Waals surface area contributed by atoms with E-state index in [0.29, 0.717) is 0 Å². The van der Waals surface area contributed by atoms with Gasteiger partial charge in [0.05, 0.1) is 0 Å². The summed E-state index contributed by atoms with van der Waals surface area (Å²) in [6.45, 7) is 0. The minimum Gasteiger partial charge on any atom is -0.299 e. The minimum atomic E-state index is 0.796. The number of aldehydes is 1. The number of thiophene rings is 2. The summed E-state index contributed by atoms with van der Waals surface area (Å²) >= 11 is 3.37. The molecule has 0 aliphatic carbocycles. The predicted molar refractivity (Wildman–Crippen MR) is 62.7 cm³/mol. The standard InChI is InChI=1S/C11H8OS2/c12-5-1-3-10-7-9(8-14-10)11-4-2-6-13-11/h1-8H. The second kappa shape index (κ2) is 4.35. The van der Waals surface area contributed by atoms with Crippen LogP contribution in [0.4, 0.5) is 0 Å². The van der Waals surface area contributed by atoms with Crippen LogP contribution >= 0.6 is 22.7 Å². The van der Waals surface area contributed by atoms with Crippen molar-refractivity contribution in [3.05, 3.63) is 39.9 Å². The summed E-state index contributed by atoms with van der Waals surface area (Å²) in [5, 5.41) is 4.17. The molecule has 0 amide bonds. The topological polar surface area (TPSA) is 17.1 Å². The van der Waals surface area contributed by atoms with Crippen molar-refractivity contribution in [3.8, 4) is 10.4 Å². The monoisotopic (exact) mass is 220 g/mol. The van der Waals surface area contributed by atoms with E-state index < -0.39 is 0 Å². The first kappa shape index (κ1) is 9.37. The largest absolute Gasteiger partial charge is 0.299 e. The van der Waals surface area contributed by atoms with Crippen molar-refractivity contribution in [2.75, 3.05) is 0 Å². The Balaban J connectivity index is 2.26. The van der Waals surface area contributed by atoms with Crippen LogP contribution in [0.2, 0.25) is 0 Å². The molecule has 0 saturated heterocycles. The Bertz CT molecular complexity index is 438. The van der Waals surface area contributed by atoms with Gasteiger partial charge in [-0.15, -0.1) is 22.7 Å². The molecule has 2 heterocycles. The minimum absolute atomic E-state index is 0.796. The van der Waals surface area contributed by atoms with E-state index in [0.717, 1.165) is 11.2 Å². The molecular formula is C11H8OS2. The molecule has 3 heteroatoms. The van der Waals surface area contributed by atoms with Gasteiger partial charge in [-0.3, -0.25) is 4.79 Å². The van der Waals surface area contributed by atoms with E-state index in [1.807, 2.05) is 12.1 Å². The summed E-state index contributed by atoms with van der Waals surface area (Å²) in [7, 11) is 0. The summed E-state index contributed by atoms with van der Waals surface area (Å²) in [5.74, 6) is 0. The fourth-order valence-electron chi connectivity index (χ4n) is 1.15. The zero-order valence-corrected chi connectivity index (χ0v) is 8.98. The number of hydrogen-bond donors (Lipinski definition) is 0. The van der Waals surface area contributed by atoms with Crippen LogP contribution in [-0.4, -0.2) is 6.29 Å². The summed E-state index contributed by atoms with van der Waals surface area (Å²) in [6.07, 6.45) is 4.14. The SMILES string of the molecule is O=CC=Cc1cc(-c2cccs2)cs1. The average Bonchev–Trinajstić information content (AvgIpc) is 2.85. The van der Waals surface area contributed by atoms with Crippen molar-refractivity contribution >= 4 is 35.0 Å². The summed E-state index contributed by atoms with van der Waals surface area (Å²) in [4.78, 5) is 12.5. The van der Waals surface area contributed by atoms with Crippen LogP contribution in [0.5, 0.6) is 0 Å².